The maximum atomic E-state index is 10.8. The van der Waals surface area contributed by atoms with Crippen molar-refractivity contribution in [2.45, 2.75) is 25.0 Å². The van der Waals surface area contributed by atoms with Crippen molar-refractivity contribution in [3.05, 3.63) is 39.9 Å². The van der Waals surface area contributed by atoms with Gasteiger partial charge in [-0.3, -0.25) is 10.1 Å². The molecule has 0 saturated carbocycles. The van der Waals surface area contributed by atoms with E-state index in [-0.39, 0.29) is 11.8 Å². The molecule has 1 N–H and O–H groups in total. The number of hydrogen-bond acceptors (Lipinski definition) is 4. The number of nitro groups is 1. The van der Waals surface area contributed by atoms with Crippen molar-refractivity contribution in [1.82, 2.24) is 0 Å². The highest BCUT2D eigenvalue weighted by molar-refractivity contribution is 5.41. The molecule has 86 valence electrons. The fraction of sp³-hybridized carbons (Fsp3) is 0.455. The van der Waals surface area contributed by atoms with E-state index < -0.39 is 11.0 Å². The Morgan fingerprint density at radius 2 is 2.19 bits per heavy atom. The topological polar surface area (TPSA) is 72.6 Å². The SMILES string of the molecule is O=[N+]([O-])c1ccccc1C1CC(O)CCO1. The average Bonchev–Trinajstić information content (AvgIpc) is 2.29. The van der Waals surface area contributed by atoms with Crippen molar-refractivity contribution in [2.24, 2.45) is 0 Å². The Hall–Kier alpha value is -1.46. The van der Waals surface area contributed by atoms with Gasteiger partial charge in [-0.25, -0.2) is 0 Å². The summed E-state index contributed by atoms with van der Waals surface area (Å²) in [5, 5.41) is 20.4. The first-order valence-corrected chi connectivity index (χ1v) is 5.21. The van der Waals surface area contributed by atoms with Crippen LogP contribution in [0, 0.1) is 10.1 Å². The van der Waals surface area contributed by atoms with Crippen molar-refractivity contribution in [2.75, 3.05) is 6.61 Å². The minimum atomic E-state index is -0.432. The van der Waals surface area contributed by atoms with E-state index >= 15 is 0 Å². The monoisotopic (exact) mass is 223 g/mol. The highest BCUT2D eigenvalue weighted by Crippen LogP contribution is 2.33. The van der Waals surface area contributed by atoms with E-state index in [0.29, 0.717) is 25.0 Å². The van der Waals surface area contributed by atoms with Crippen LogP contribution >= 0.6 is 0 Å². The summed E-state index contributed by atoms with van der Waals surface area (Å²) in [7, 11) is 0. The lowest BCUT2D eigenvalue weighted by Crippen LogP contribution is -2.23. The standard InChI is InChI=1S/C11H13NO4/c13-8-5-6-16-11(7-8)9-3-1-2-4-10(9)12(14)15/h1-4,8,11,13H,5-7H2. The van der Waals surface area contributed by atoms with Crippen LogP contribution in [0.3, 0.4) is 0 Å². The second kappa shape index (κ2) is 4.59. The molecule has 0 radical (unpaired) electrons. The van der Waals surface area contributed by atoms with Crippen molar-refractivity contribution < 1.29 is 14.8 Å². The lowest BCUT2D eigenvalue weighted by Gasteiger charge is -2.26. The lowest BCUT2D eigenvalue weighted by atomic mass is 9.98. The molecule has 1 fully saturated rings. The molecule has 1 aliphatic heterocycles. The van der Waals surface area contributed by atoms with Crippen LogP contribution in [0.4, 0.5) is 5.69 Å². The van der Waals surface area contributed by atoms with Crippen LogP contribution in [0.15, 0.2) is 24.3 Å². The van der Waals surface area contributed by atoms with Gasteiger partial charge in [0.1, 0.15) is 0 Å². The highest BCUT2D eigenvalue weighted by Gasteiger charge is 2.27. The van der Waals surface area contributed by atoms with Gasteiger partial charge in [0.25, 0.3) is 5.69 Å². The maximum absolute atomic E-state index is 10.8. The molecular weight excluding hydrogens is 210 g/mol. The molecule has 2 unspecified atom stereocenters. The molecule has 0 bridgehead atoms. The number of ether oxygens (including phenoxy) is 1. The molecule has 0 spiro atoms. The van der Waals surface area contributed by atoms with E-state index in [4.69, 9.17) is 4.74 Å². The quantitative estimate of drug-likeness (QED) is 0.613. The van der Waals surface area contributed by atoms with E-state index in [1.165, 1.54) is 6.07 Å². The first-order valence-electron chi connectivity index (χ1n) is 5.21. The van der Waals surface area contributed by atoms with Crippen LogP contribution in [0.25, 0.3) is 0 Å². The molecule has 5 nitrogen and oxygen atoms in total. The van der Waals surface area contributed by atoms with Gasteiger partial charge in [0.2, 0.25) is 0 Å². The number of nitro benzene ring substituents is 1. The van der Waals surface area contributed by atoms with Crippen molar-refractivity contribution in [1.29, 1.82) is 0 Å². The van der Waals surface area contributed by atoms with Gasteiger partial charge >= 0.3 is 0 Å². The highest BCUT2D eigenvalue weighted by atomic mass is 16.6. The zero-order chi connectivity index (χ0) is 11.5. The molecular formula is C11H13NO4. The van der Waals surface area contributed by atoms with E-state index in [1.54, 1.807) is 18.2 Å². The Balaban J connectivity index is 2.28. The first kappa shape index (κ1) is 11.0. The molecule has 0 aliphatic carbocycles. The fourth-order valence-electron chi connectivity index (χ4n) is 1.92. The van der Waals surface area contributed by atoms with Crippen LogP contribution in [-0.4, -0.2) is 22.7 Å². The van der Waals surface area contributed by atoms with Crippen LogP contribution in [-0.2, 0) is 4.74 Å². The average molecular weight is 223 g/mol. The van der Waals surface area contributed by atoms with Gasteiger partial charge in [-0.15, -0.1) is 0 Å². The minimum Gasteiger partial charge on any atom is -0.393 e. The Morgan fingerprint density at radius 1 is 1.44 bits per heavy atom. The van der Waals surface area contributed by atoms with Gasteiger partial charge in [-0.2, -0.15) is 0 Å². The molecule has 1 saturated heterocycles. The third-order valence-electron chi connectivity index (χ3n) is 2.74. The molecule has 1 aliphatic rings. The Bertz CT molecular complexity index is 393. The molecule has 1 aromatic carbocycles. The van der Waals surface area contributed by atoms with Crippen LogP contribution in [0.2, 0.25) is 0 Å². The molecule has 2 atom stereocenters. The smallest absolute Gasteiger partial charge is 0.275 e. The number of benzene rings is 1. The zero-order valence-corrected chi connectivity index (χ0v) is 8.70. The Morgan fingerprint density at radius 3 is 2.88 bits per heavy atom. The van der Waals surface area contributed by atoms with Crippen molar-refractivity contribution in [3.8, 4) is 0 Å². The molecule has 0 aromatic heterocycles. The predicted molar refractivity (Wildman–Crippen MR) is 57.0 cm³/mol. The number of aliphatic hydroxyl groups excluding tert-OH is 1. The van der Waals surface area contributed by atoms with Gasteiger partial charge in [0.15, 0.2) is 0 Å². The summed E-state index contributed by atoms with van der Waals surface area (Å²) in [6.45, 7) is 0.442. The molecule has 0 amide bonds. The molecule has 2 rings (SSSR count). The van der Waals surface area contributed by atoms with Crippen LogP contribution in [0.5, 0.6) is 0 Å². The Kier molecular flexibility index (Phi) is 3.17. The number of nitrogens with zero attached hydrogens (tertiary/aromatic N) is 1. The van der Waals surface area contributed by atoms with Gasteiger partial charge in [0.05, 0.1) is 22.7 Å². The number of aliphatic hydroxyl groups is 1. The first-order chi connectivity index (χ1) is 7.68. The summed E-state index contributed by atoms with van der Waals surface area (Å²) < 4.78 is 5.46. The van der Waals surface area contributed by atoms with Crippen LogP contribution in [0.1, 0.15) is 24.5 Å². The number of hydrogen-bond donors (Lipinski definition) is 1. The fourth-order valence-corrected chi connectivity index (χ4v) is 1.92. The summed E-state index contributed by atoms with van der Waals surface area (Å²) in [5.74, 6) is 0. The van der Waals surface area contributed by atoms with Gasteiger partial charge in [-0.1, -0.05) is 12.1 Å². The molecule has 5 heteroatoms. The zero-order valence-electron chi connectivity index (χ0n) is 8.70. The van der Waals surface area contributed by atoms with Crippen molar-refractivity contribution in [3.63, 3.8) is 0 Å². The second-order valence-electron chi connectivity index (χ2n) is 3.85. The summed E-state index contributed by atoms with van der Waals surface area (Å²) in [6.07, 6.45) is 0.214. The van der Waals surface area contributed by atoms with E-state index in [0.717, 1.165) is 0 Å². The number of rotatable bonds is 2. The third kappa shape index (κ3) is 2.20. The van der Waals surface area contributed by atoms with Gasteiger partial charge in [-0.05, 0) is 12.5 Å². The minimum absolute atomic E-state index is 0.0570. The van der Waals surface area contributed by atoms with Crippen LogP contribution < -0.4 is 0 Å². The predicted octanol–water partition coefficient (Wildman–Crippen LogP) is 1.81. The second-order valence-corrected chi connectivity index (χ2v) is 3.85. The Labute approximate surface area is 92.8 Å². The number of para-hydroxylation sites is 1. The van der Waals surface area contributed by atoms with Gasteiger partial charge in [0, 0.05) is 19.1 Å². The summed E-state index contributed by atoms with van der Waals surface area (Å²) in [6, 6.07) is 6.51. The summed E-state index contributed by atoms with van der Waals surface area (Å²) in [5.41, 5.74) is 0.604. The normalized spacial score (nSPS) is 25.3. The van der Waals surface area contributed by atoms with E-state index in [9.17, 15) is 15.2 Å². The van der Waals surface area contributed by atoms with Gasteiger partial charge < -0.3 is 9.84 Å². The summed E-state index contributed by atoms with van der Waals surface area (Å²) >= 11 is 0. The largest absolute Gasteiger partial charge is 0.393 e. The van der Waals surface area contributed by atoms with E-state index in [1.807, 2.05) is 0 Å². The summed E-state index contributed by atoms with van der Waals surface area (Å²) in [4.78, 5) is 10.4. The molecule has 1 aromatic rings. The third-order valence-corrected chi connectivity index (χ3v) is 2.74. The van der Waals surface area contributed by atoms with Crippen molar-refractivity contribution >= 4 is 5.69 Å². The molecule has 1 heterocycles. The van der Waals surface area contributed by atoms with E-state index in [2.05, 4.69) is 0 Å². The molecule has 16 heavy (non-hydrogen) atoms. The lowest BCUT2D eigenvalue weighted by molar-refractivity contribution is -0.386. The maximum Gasteiger partial charge on any atom is 0.275 e.